The van der Waals surface area contributed by atoms with Gasteiger partial charge in [-0.1, -0.05) is 13.3 Å². The third kappa shape index (κ3) is 2.50. The molecular weight excluding hydrogens is 238 g/mol. The summed E-state index contributed by atoms with van der Waals surface area (Å²) >= 11 is 0. The Morgan fingerprint density at radius 2 is 2.32 bits per heavy atom. The number of aromatic nitrogens is 3. The molecule has 2 heterocycles. The highest BCUT2D eigenvalue weighted by Crippen LogP contribution is 2.37. The van der Waals surface area contributed by atoms with Crippen molar-refractivity contribution < 1.29 is 0 Å². The smallest absolute Gasteiger partial charge is 0.180 e. The van der Waals surface area contributed by atoms with Gasteiger partial charge in [-0.05, 0) is 25.7 Å². The molecule has 0 amide bonds. The van der Waals surface area contributed by atoms with Crippen LogP contribution < -0.4 is 10.6 Å². The fourth-order valence-electron chi connectivity index (χ4n) is 2.58. The van der Waals surface area contributed by atoms with E-state index in [0.29, 0.717) is 6.04 Å². The lowest BCUT2D eigenvalue weighted by molar-refractivity contribution is 0.692. The fraction of sp³-hybridized carbons (Fsp3) is 0.571. The SMILES string of the molecule is CCCC1CC1Nc1nc(NCC)cn2ccnc12. The molecule has 5 nitrogen and oxygen atoms in total. The topological polar surface area (TPSA) is 54.2 Å². The largest absolute Gasteiger partial charge is 0.369 e. The van der Waals surface area contributed by atoms with Gasteiger partial charge >= 0.3 is 0 Å². The zero-order chi connectivity index (χ0) is 13.2. The summed E-state index contributed by atoms with van der Waals surface area (Å²) in [4.78, 5) is 9.01. The minimum absolute atomic E-state index is 0.574. The number of rotatable bonds is 6. The Morgan fingerprint density at radius 1 is 1.42 bits per heavy atom. The molecule has 1 aliphatic rings. The molecule has 0 spiro atoms. The second kappa shape index (κ2) is 5.07. The summed E-state index contributed by atoms with van der Waals surface area (Å²) in [5.74, 6) is 2.60. The Bertz CT molecular complexity index is 562. The zero-order valence-corrected chi connectivity index (χ0v) is 11.6. The lowest BCUT2D eigenvalue weighted by Crippen LogP contribution is -2.10. The number of hydrogen-bond donors (Lipinski definition) is 2. The van der Waals surface area contributed by atoms with Crippen LogP contribution in [0.4, 0.5) is 11.6 Å². The van der Waals surface area contributed by atoms with Crippen LogP contribution in [0.3, 0.4) is 0 Å². The summed E-state index contributed by atoms with van der Waals surface area (Å²) < 4.78 is 2.02. The monoisotopic (exact) mass is 259 g/mol. The quantitative estimate of drug-likeness (QED) is 0.837. The molecule has 0 aromatic carbocycles. The third-order valence-electron chi connectivity index (χ3n) is 3.64. The zero-order valence-electron chi connectivity index (χ0n) is 11.6. The molecule has 2 aromatic rings. The van der Waals surface area contributed by atoms with Gasteiger partial charge in [0.2, 0.25) is 0 Å². The van der Waals surface area contributed by atoms with E-state index in [1.54, 1.807) is 0 Å². The molecule has 0 saturated heterocycles. The van der Waals surface area contributed by atoms with Crippen LogP contribution >= 0.6 is 0 Å². The number of nitrogens with zero attached hydrogens (tertiary/aromatic N) is 3. The summed E-state index contributed by atoms with van der Waals surface area (Å²) in [7, 11) is 0. The standard InChI is InChI=1S/C14H21N5/c1-3-5-10-8-11(10)17-13-14-16-6-7-19(14)9-12(18-13)15-4-2/h6-7,9-11,15H,3-5,8H2,1-2H3,(H,17,18). The molecule has 102 valence electrons. The van der Waals surface area contributed by atoms with Gasteiger partial charge in [-0.25, -0.2) is 9.97 Å². The van der Waals surface area contributed by atoms with Gasteiger partial charge in [0.1, 0.15) is 5.82 Å². The van der Waals surface area contributed by atoms with E-state index in [9.17, 15) is 0 Å². The van der Waals surface area contributed by atoms with Crippen LogP contribution in [0.5, 0.6) is 0 Å². The average molecular weight is 259 g/mol. The Hall–Kier alpha value is -1.78. The van der Waals surface area contributed by atoms with Gasteiger partial charge in [0.25, 0.3) is 0 Å². The summed E-state index contributed by atoms with van der Waals surface area (Å²) in [6.07, 6.45) is 9.57. The molecule has 1 saturated carbocycles. The van der Waals surface area contributed by atoms with E-state index in [1.807, 2.05) is 23.0 Å². The maximum atomic E-state index is 4.63. The van der Waals surface area contributed by atoms with Crippen molar-refractivity contribution in [1.82, 2.24) is 14.4 Å². The molecule has 1 fully saturated rings. The van der Waals surface area contributed by atoms with Crippen molar-refractivity contribution in [2.75, 3.05) is 17.2 Å². The number of anilines is 2. The second-order valence-corrected chi connectivity index (χ2v) is 5.20. The van der Waals surface area contributed by atoms with Crippen molar-refractivity contribution in [2.24, 2.45) is 5.92 Å². The molecule has 1 aliphatic carbocycles. The Kier molecular flexibility index (Phi) is 3.27. The van der Waals surface area contributed by atoms with Crippen LogP contribution in [0, 0.1) is 5.92 Å². The normalized spacial score (nSPS) is 21.6. The second-order valence-electron chi connectivity index (χ2n) is 5.20. The Labute approximate surface area is 113 Å². The molecule has 2 aromatic heterocycles. The maximum absolute atomic E-state index is 4.63. The van der Waals surface area contributed by atoms with Crippen molar-refractivity contribution in [1.29, 1.82) is 0 Å². The summed E-state index contributed by atoms with van der Waals surface area (Å²) in [5, 5.41) is 6.80. The molecule has 3 rings (SSSR count). The molecule has 19 heavy (non-hydrogen) atoms. The molecule has 0 bridgehead atoms. The van der Waals surface area contributed by atoms with Gasteiger partial charge in [0.15, 0.2) is 11.5 Å². The van der Waals surface area contributed by atoms with Crippen molar-refractivity contribution in [3.63, 3.8) is 0 Å². The van der Waals surface area contributed by atoms with Crippen LogP contribution in [0.2, 0.25) is 0 Å². The molecule has 2 unspecified atom stereocenters. The average Bonchev–Trinajstić information content (AvgIpc) is 2.94. The molecule has 2 atom stereocenters. The highest BCUT2D eigenvalue weighted by Gasteiger charge is 2.36. The van der Waals surface area contributed by atoms with Gasteiger partial charge in [-0.15, -0.1) is 0 Å². The molecule has 2 N–H and O–H groups in total. The lowest BCUT2D eigenvalue weighted by Gasteiger charge is -2.10. The highest BCUT2D eigenvalue weighted by atomic mass is 15.2. The van der Waals surface area contributed by atoms with E-state index >= 15 is 0 Å². The van der Waals surface area contributed by atoms with Crippen molar-refractivity contribution in [3.05, 3.63) is 18.6 Å². The first-order valence-corrected chi connectivity index (χ1v) is 7.16. The molecule has 0 aliphatic heterocycles. The minimum atomic E-state index is 0.574. The van der Waals surface area contributed by atoms with Crippen molar-refractivity contribution in [3.8, 4) is 0 Å². The van der Waals surface area contributed by atoms with Gasteiger partial charge in [-0.2, -0.15) is 0 Å². The van der Waals surface area contributed by atoms with E-state index in [-0.39, 0.29) is 0 Å². The predicted octanol–water partition coefficient (Wildman–Crippen LogP) is 2.76. The number of hydrogen-bond acceptors (Lipinski definition) is 4. The summed E-state index contributed by atoms with van der Waals surface area (Å²) in [6, 6.07) is 0.574. The van der Waals surface area contributed by atoms with E-state index in [1.165, 1.54) is 19.3 Å². The number of imidazole rings is 1. The molecule has 5 heteroatoms. The third-order valence-corrected chi connectivity index (χ3v) is 3.64. The van der Waals surface area contributed by atoms with Gasteiger partial charge in [-0.3, -0.25) is 0 Å². The highest BCUT2D eigenvalue weighted by molar-refractivity contribution is 5.66. The van der Waals surface area contributed by atoms with Crippen molar-refractivity contribution in [2.45, 2.75) is 39.2 Å². The fourth-order valence-corrected chi connectivity index (χ4v) is 2.58. The lowest BCUT2D eigenvalue weighted by atomic mass is 10.2. The number of fused-ring (bicyclic) bond motifs is 1. The van der Waals surface area contributed by atoms with Gasteiger partial charge in [0, 0.05) is 25.0 Å². The van der Waals surface area contributed by atoms with Crippen LogP contribution in [-0.4, -0.2) is 27.0 Å². The predicted molar refractivity (Wildman–Crippen MR) is 77.6 cm³/mol. The van der Waals surface area contributed by atoms with Gasteiger partial charge in [0.05, 0.1) is 6.20 Å². The van der Waals surface area contributed by atoms with Crippen LogP contribution in [0.1, 0.15) is 33.1 Å². The molecule has 0 radical (unpaired) electrons. The Balaban J connectivity index is 1.83. The van der Waals surface area contributed by atoms with Crippen molar-refractivity contribution >= 4 is 17.3 Å². The number of nitrogens with one attached hydrogen (secondary N) is 2. The summed E-state index contributed by atoms with van der Waals surface area (Å²) in [6.45, 7) is 5.19. The molecular formula is C14H21N5. The van der Waals surface area contributed by atoms with Gasteiger partial charge < -0.3 is 15.0 Å². The van der Waals surface area contributed by atoms with E-state index in [4.69, 9.17) is 0 Å². The van der Waals surface area contributed by atoms with Crippen LogP contribution in [-0.2, 0) is 0 Å². The van der Waals surface area contributed by atoms with Crippen LogP contribution in [0.15, 0.2) is 18.6 Å². The van der Waals surface area contributed by atoms with E-state index in [0.717, 1.165) is 29.7 Å². The first-order chi connectivity index (χ1) is 9.31. The minimum Gasteiger partial charge on any atom is -0.369 e. The van der Waals surface area contributed by atoms with E-state index in [2.05, 4.69) is 34.4 Å². The maximum Gasteiger partial charge on any atom is 0.180 e. The first-order valence-electron chi connectivity index (χ1n) is 7.16. The van der Waals surface area contributed by atoms with Crippen LogP contribution in [0.25, 0.3) is 5.65 Å². The van der Waals surface area contributed by atoms with E-state index < -0.39 is 0 Å². The summed E-state index contributed by atoms with van der Waals surface area (Å²) in [5.41, 5.74) is 0.906. The first kappa shape index (κ1) is 12.3. The Morgan fingerprint density at radius 3 is 3.11 bits per heavy atom.